The van der Waals surface area contributed by atoms with Gasteiger partial charge in [0.2, 0.25) is 0 Å². The maximum Gasteiger partial charge on any atom is 0.341 e. The van der Waals surface area contributed by atoms with Crippen molar-refractivity contribution in [2.45, 2.75) is 10.6 Å². The van der Waals surface area contributed by atoms with E-state index in [2.05, 4.69) is 57.8 Å². The molecular weight excluding hydrogens is 456 g/mol. The lowest BCUT2D eigenvalue weighted by Gasteiger charge is -2.10. The number of nitrogens with zero attached hydrogens (tertiary/aromatic N) is 3. The summed E-state index contributed by atoms with van der Waals surface area (Å²) in [6.07, 6.45) is 1.52. The molecule has 0 aliphatic carbocycles. The van der Waals surface area contributed by atoms with Crippen LogP contribution in [0.5, 0.6) is 0 Å². The Hall–Kier alpha value is -0.530. The lowest BCUT2D eigenvalue weighted by molar-refractivity contribution is 0.0525. The van der Waals surface area contributed by atoms with Crippen molar-refractivity contribution in [1.82, 2.24) is 14.8 Å². The lowest BCUT2D eigenvalue weighted by Crippen LogP contribution is -2.10. The molecule has 0 saturated carbocycles. The molecule has 2 aromatic rings. The van der Waals surface area contributed by atoms with Crippen molar-refractivity contribution in [3.63, 3.8) is 0 Å². The molecule has 0 spiro atoms. The highest BCUT2D eigenvalue weighted by Crippen LogP contribution is 2.34. The Bertz CT molecular complexity index is 633. The second-order valence-corrected chi connectivity index (χ2v) is 7.97. The number of carbonyl (C=O) groups excluding carboxylic acids is 1. The SMILES string of the molecule is CCOC(=O)c1cnn(-c2cccc(Br)n2)c1C(P)I. The van der Waals surface area contributed by atoms with E-state index in [0.29, 0.717) is 22.6 Å². The molecule has 0 saturated heterocycles. The van der Waals surface area contributed by atoms with Gasteiger partial charge in [0.25, 0.3) is 0 Å². The van der Waals surface area contributed by atoms with Gasteiger partial charge in [-0.15, -0.1) is 9.24 Å². The zero-order valence-electron chi connectivity index (χ0n) is 10.6. The Kier molecular flexibility index (Phi) is 5.51. The Labute approximate surface area is 141 Å². The fraction of sp³-hybridized carbons (Fsp3) is 0.250. The first-order valence-electron chi connectivity index (χ1n) is 5.82. The van der Waals surface area contributed by atoms with Crippen molar-refractivity contribution in [1.29, 1.82) is 0 Å². The largest absolute Gasteiger partial charge is 0.462 e. The molecule has 0 aromatic carbocycles. The summed E-state index contributed by atoms with van der Waals surface area (Å²) in [5, 5.41) is 4.27. The first-order chi connectivity index (χ1) is 9.54. The number of pyridine rings is 1. The fourth-order valence-electron chi connectivity index (χ4n) is 1.69. The van der Waals surface area contributed by atoms with Crippen molar-refractivity contribution >= 4 is 53.7 Å². The Morgan fingerprint density at radius 1 is 1.60 bits per heavy atom. The highest BCUT2D eigenvalue weighted by atomic mass is 127. The Balaban J connectivity index is 2.52. The number of hydrogen-bond acceptors (Lipinski definition) is 4. The molecule has 2 unspecified atom stereocenters. The molecule has 2 heterocycles. The van der Waals surface area contributed by atoms with Crippen LogP contribution in [0.15, 0.2) is 29.0 Å². The highest BCUT2D eigenvalue weighted by Gasteiger charge is 2.23. The third-order valence-electron chi connectivity index (χ3n) is 2.48. The van der Waals surface area contributed by atoms with E-state index in [1.165, 1.54) is 6.20 Å². The van der Waals surface area contributed by atoms with E-state index < -0.39 is 0 Å². The zero-order valence-corrected chi connectivity index (χ0v) is 15.5. The molecule has 20 heavy (non-hydrogen) atoms. The van der Waals surface area contributed by atoms with Gasteiger partial charge in [-0.25, -0.2) is 14.5 Å². The van der Waals surface area contributed by atoms with Gasteiger partial charge >= 0.3 is 5.97 Å². The van der Waals surface area contributed by atoms with E-state index >= 15 is 0 Å². The van der Waals surface area contributed by atoms with E-state index in [9.17, 15) is 4.79 Å². The van der Waals surface area contributed by atoms with Gasteiger partial charge in [0.15, 0.2) is 5.82 Å². The molecule has 5 nitrogen and oxygen atoms in total. The van der Waals surface area contributed by atoms with Gasteiger partial charge in [0, 0.05) is 0 Å². The van der Waals surface area contributed by atoms with Crippen molar-refractivity contribution in [3.05, 3.63) is 40.3 Å². The van der Waals surface area contributed by atoms with Crippen LogP contribution < -0.4 is 0 Å². The lowest BCUT2D eigenvalue weighted by atomic mass is 10.2. The highest BCUT2D eigenvalue weighted by molar-refractivity contribution is 14.1. The molecule has 106 valence electrons. The topological polar surface area (TPSA) is 57.0 Å². The van der Waals surface area contributed by atoms with E-state index in [1.807, 2.05) is 18.2 Å². The van der Waals surface area contributed by atoms with Gasteiger partial charge in [0.1, 0.15) is 10.2 Å². The molecule has 2 atom stereocenters. The number of ether oxygens (including phenoxy) is 1. The van der Waals surface area contributed by atoms with Crippen molar-refractivity contribution in [3.8, 4) is 5.82 Å². The predicted molar refractivity (Wildman–Crippen MR) is 91.5 cm³/mol. The normalized spacial score (nSPS) is 12.2. The van der Waals surface area contributed by atoms with Crippen LogP contribution in [0.3, 0.4) is 0 Å². The van der Waals surface area contributed by atoms with Crippen molar-refractivity contribution in [2.75, 3.05) is 6.61 Å². The maximum absolute atomic E-state index is 12.0. The second kappa shape index (κ2) is 6.95. The molecule has 0 radical (unpaired) electrons. The molecule has 8 heteroatoms. The van der Waals surface area contributed by atoms with Crippen LogP contribution in [-0.4, -0.2) is 27.3 Å². The number of halogens is 2. The van der Waals surface area contributed by atoms with Gasteiger partial charge < -0.3 is 4.74 Å². The predicted octanol–water partition coefficient (Wildman–Crippen LogP) is 3.52. The van der Waals surface area contributed by atoms with Crippen LogP contribution in [-0.2, 0) is 4.74 Å². The van der Waals surface area contributed by atoms with Crippen LogP contribution in [0.2, 0.25) is 0 Å². The minimum Gasteiger partial charge on any atom is -0.462 e. The first-order valence-corrected chi connectivity index (χ1v) is 8.52. The van der Waals surface area contributed by atoms with E-state index in [0.717, 1.165) is 5.69 Å². The Morgan fingerprint density at radius 2 is 2.35 bits per heavy atom. The number of alkyl halides is 1. The van der Waals surface area contributed by atoms with Crippen molar-refractivity contribution < 1.29 is 9.53 Å². The average molecular weight is 468 g/mol. The van der Waals surface area contributed by atoms with Crippen LogP contribution in [0.4, 0.5) is 0 Å². The van der Waals surface area contributed by atoms with E-state index in [4.69, 9.17) is 4.74 Å². The molecule has 0 aliphatic heterocycles. The van der Waals surface area contributed by atoms with Crippen LogP contribution in [0.1, 0.15) is 26.6 Å². The summed E-state index contributed by atoms with van der Waals surface area (Å²) in [6.45, 7) is 2.11. The monoisotopic (exact) mass is 467 g/mol. The van der Waals surface area contributed by atoms with Gasteiger partial charge in [0.05, 0.1) is 22.2 Å². The van der Waals surface area contributed by atoms with Crippen molar-refractivity contribution in [2.24, 2.45) is 0 Å². The van der Waals surface area contributed by atoms with Crippen LogP contribution >= 0.6 is 47.8 Å². The summed E-state index contributed by atoms with van der Waals surface area (Å²) < 4.78 is 7.43. The molecule has 0 fully saturated rings. The molecule has 0 bridgehead atoms. The molecule has 0 aliphatic rings. The summed E-state index contributed by atoms with van der Waals surface area (Å²) in [6, 6.07) is 5.54. The molecule has 2 rings (SSSR count). The number of esters is 1. The van der Waals surface area contributed by atoms with Crippen LogP contribution in [0, 0.1) is 0 Å². The number of aromatic nitrogens is 3. The summed E-state index contributed by atoms with van der Waals surface area (Å²) >= 11 is 5.54. The smallest absolute Gasteiger partial charge is 0.341 e. The quantitative estimate of drug-likeness (QED) is 0.227. The molecule has 0 amide bonds. The fourth-order valence-corrected chi connectivity index (χ4v) is 2.94. The Morgan fingerprint density at radius 3 is 2.95 bits per heavy atom. The van der Waals surface area contributed by atoms with E-state index in [-0.39, 0.29) is 9.64 Å². The van der Waals surface area contributed by atoms with Gasteiger partial charge in [-0.3, -0.25) is 0 Å². The molecule has 0 N–H and O–H groups in total. The summed E-state index contributed by atoms with van der Waals surface area (Å²) in [7, 11) is 2.65. The number of rotatable bonds is 4. The summed E-state index contributed by atoms with van der Waals surface area (Å²) in [4.78, 5) is 16.3. The second-order valence-electron chi connectivity index (χ2n) is 3.80. The number of hydrogen-bond donors (Lipinski definition) is 0. The van der Waals surface area contributed by atoms with E-state index in [1.54, 1.807) is 11.6 Å². The van der Waals surface area contributed by atoms with Gasteiger partial charge in [-0.2, -0.15) is 5.10 Å². The third-order valence-corrected chi connectivity index (χ3v) is 3.83. The van der Waals surface area contributed by atoms with Gasteiger partial charge in [-0.05, 0) is 35.0 Å². The molecule has 2 aromatic heterocycles. The first kappa shape index (κ1) is 15.9. The molecular formula is C12H12BrIN3O2P. The minimum absolute atomic E-state index is 0.00953. The number of carbonyl (C=O) groups is 1. The zero-order chi connectivity index (χ0) is 14.7. The van der Waals surface area contributed by atoms with Gasteiger partial charge in [-0.1, -0.05) is 28.7 Å². The third kappa shape index (κ3) is 3.38. The minimum atomic E-state index is -0.368. The summed E-state index contributed by atoms with van der Waals surface area (Å²) in [5.41, 5.74) is 1.21. The average Bonchev–Trinajstić information content (AvgIpc) is 2.83. The maximum atomic E-state index is 12.0. The summed E-state index contributed by atoms with van der Waals surface area (Å²) in [5.74, 6) is 0.280. The standard InChI is InChI=1S/C12H12BrIN3O2P/c1-2-19-12(18)7-6-15-17(10(7)11(14)20)9-5-3-4-8(13)16-9/h3-6,11H,2,20H2,1H3. The van der Waals surface area contributed by atoms with Crippen LogP contribution in [0.25, 0.3) is 5.82 Å².